The molecule has 0 spiro atoms. The Labute approximate surface area is 187 Å². The van der Waals surface area contributed by atoms with Gasteiger partial charge in [-0.1, -0.05) is 18.2 Å². The molecule has 0 saturated carbocycles. The van der Waals surface area contributed by atoms with E-state index in [0.717, 1.165) is 34.9 Å². The molecular weight excluding hydrogens is 406 g/mol. The zero-order valence-electron chi connectivity index (χ0n) is 19.1. The Balaban J connectivity index is 1.53. The second kappa shape index (κ2) is 9.07. The lowest BCUT2D eigenvalue weighted by atomic mass is 10.0. The van der Waals surface area contributed by atoms with Crippen LogP contribution in [0.15, 0.2) is 45.6 Å². The van der Waals surface area contributed by atoms with Crippen LogP contribution < -0.4 is 15.1 Å². The van der Waals surface area contributed by atoms with Crippen molar-refractivity contribution >= 4 is 16.9 Å². The van der Waals surface area contributed by atoms with Crippen LogP contribution in [-0.2, 0) is 11.2 Å². The van der Waals surface area contributed by atoms with Crippen molar-refractivity contribution < 1.29 is 18.7 Å². The molecule has 1 fully saturated rings. The Morgan fingerprint density at radius 1 is 1.09 bits per heavy atom. The van der Waals surface area contributed by atoms with Crippen molar-refractivity contribution in [3.63, 3.8) is 0 Å². The summed E-state index contributed by atoms with van der Waals surface area (Å²) in [6, 6.07) is 11.7. The van der Waals surface area contributed by atoms with Gasteiger partial charge in [-0.25, -0.2) is 4.79 Å². The Hall–Kier alpha value is -3.28. The minimum absolute atomic E-state index is 0.000564. The minimum atomic E-state index is -0.355. The van der Waals surface area contributed by atoms with E-state index in [1.54, 1.807) is 14.2 Å². The molecule has 1 aliphatic rings. The lowest BCUT2D eigenvalue weighted by molar-refractivity contribution is -0.132. The van der Waals surface area contributed by atoms with Gasteiger partial charge >= 0.3 is 5.63 Å². The molecule has 0 aliphatic carbocycles. The van der Waals surface area contributed by atoms with Crippen LogP contribution in [0.1, 0.15) is 47.6 Å². The zero-order chi connectivity index (χ0) is 22.8. The summed E-state index contributed by atoms with van der Waals surface area (Å²) in [6.45, 7) is 4.60. The first-order valence-electron chi connectivity index (χ1n) is 11.0. The standard InChI is InChI=1S/C26H29NO5/c1-16-7-9-19-17(2)20(26(29)32-23(19)14-16)10-12-25(28)27-13-5-6-21(27)18-8-11-22(30-3)24(15-18)31-4/h7-9,11,14-15,21H,5-6,10,12-13H2,1-4H3/t21-/m1/s1. The number of fused-ring (bicyclic) bond motifs is 1. The highest BCUT2D eigenvalue weighted by Crippen LogP contribution is 2.37. The Morgan fingerprint density at radius 3 is 2.62 bits per heavy atom. The molecule has 0 N–H and O–H groups in total. The summed E-state index contributed by atoms with van der Waals surface area (Å²) < 4.78 is 16.3. The van der Waals surface area contributed by atoms with Gasteiger partial charge in [-0.2, -0.15) is 0 Å². The van der Waals surface area contributed by atoms with Gasteiger partial charge in [-0.3, -0.25) is 4.79 Å². The van der Waals surface area contributed by atoms with Gasteiger partial charge in [-0.05, 0) is 68.0 Å². The molecule has 2 heterocycles. The average Bonchev–Trinajstić information content (AvgIpc) is 3.28. The van der Waals surface area contributed by atoms with Gasteiger partial charge in [0.2, 0.25) is 5.91 Å². The molecule has 1 amide bonds. The molecule has 2 aromatic carbocycles. The molecule has 0 radical (unpaired) electrons. The third-order valence-electron chi connectivity index (χ3n) is 6.40. The zero-order valence-corrected chi connectivity index (χ0v) is 19.1. The normalized spacial score (nSPS) is 15.9. The van der Waals surface area contributed by atoms with Crippen molar-refractivity contribution in [1.29, 1.82) is 0 Å². The number of methoxy groups -OCH3 is 2. The molecule has 1 atom stereocenters. The predicted molar refractivity (Wildman–Crippen MR) is 124 cm³/mol. The van der Waals surface area contributed by atoms with E-state index >= 15 is 0 Å². The van der Waals surface area contributed by atoms with Gasteiger partial charge in [0.15, 0.2) is 11.5 Å². The van der Waals surface area contributed by atoms with E-state index in [4.69, 9.17) is 13.9 Å². The highest BCUT2D eigenvalue weighted by Gasteiger charge is 2.30. The molecule has 3 aromatic rings. The minimum Gasteiger partial charge on any atom is -0.493 e. The van der Waals surface area contributed by atoms with Crippen molar-refractivity contribution in [2.75, 3.05) is 20.8 Å². The molecule has 6 nitrogen and oxygen atoms in total. The quantitative estimate of drug-likeness (QED) is 0.524. The average molecular weight is 436 g/mol. The van der Waals surface area contributed by atoms with Crippen LogP contribution in [0.5, 0.6) is 11.5 Å². The van der Waals surface area contributed by atoms with E-state index in [0.29, 0.717) is 35.6 Å². The van der Waals surface area contributed by atoms with Crippen LogP contribution in [-0.4, -0.2) is 31.6 Å². The van der Waals surface area contributed by atoms with Crippen LogP contribution in [0, 0.1) is 13.8 Å². The van der Waals surface area contributed by atoms with Gasteiger partial charge in [0.1, 0.15) is 5.58 Å². The van der Waals surface area contributed by atoms with E-state index in [1.807, 2.05) is 55.1 Å². The highest BCUT2D eigenvalue weighted by atomic mass is 16.5. The molecule has 168 valence electrons. The molecule has 0 bridgehead atoms. The first kappa shape index (κ1) is 21.9. The molecule has 1 aliphatic heterocycles. The van der Waals surface area contributed by atoms with E-state index in [1.165, 1.54) is 0 Å². The summed E-state index contributed by atoms with van der Waals surface area (Å²) in [6.07, 6.45) is 2.48. The molecule has 1 aromatic heterocycles. The van der Waals surface area contributed by atoms with E-state index in [2.05, 4.69) is 0 Å². The third kappa shape index (κ3) is 4.09. The maximum Gasteiger partial charge on any atom is 0.339 e. The second-order valence-corrected chi connectivity index (χ2v) is 8.35. The van der Waals surface area contributed by atoms with Crippen LogP contribution in [0.4, 0.5) is 0 Å². The number of hydrogen-bond donors (Lipinski definition) is 0. The summed E-state index contributed by atoms with van der Waals surface area (Å²) in [7, 11) is 3.22. The maximum absolute atomic E-state index is 13.1. The lowest BCUT2D eigenvalue weighted by Gasteiger charge is -2.26. The Kier molecular flexibility index (Phi) is 6.21. The number of hydrogen-bond acceptors (Lipinski definition) is 5. The van der Waals surface area contributed by atoms with Gasteiger partial charge < -0.3 is 18.8 Å². The number of rotatable bonds is 6. The molecular formula is C26H29NO5. The van der Waals surface area contributed by atoms with Gasteiger partial charge in [0.25, 0.3) is 0 Å². The van der Waals surface area contributed by atoms with Crippen LogP contribution in [0.2, 0.25) is 0 Å². The fourth-order valence-corrected chi connectivity index (χ4v) is 4.64. The van der Waals surface area contributed by atoms with Crippen LogP contribution >= 0.6 is 0 Å². The predicted octanol–water partition coefficient (Wildman–Crippen LogP) is 4.72. The lowest BCUT2D eigenvalue weighted by Crippen LogP contribution is -2.31. The van der Waals surface area contributed by atoms with Crippen molar-refractivity contribution in [2.24, 2.45) is 0 Å². The van der Waals surface area contributed by atoms with Crippen LogP contribution in [0.3, 0.4) is 0 Å². The van der Waals surface area contributed by atoms with Gasteiger partial charge in [-0.15, -0.1) is 0 Å². The molecule has 1 saturated heterocycles. The van der Waals surface area contributed by atoms with E-state index < -0.39 is 0 Å². The number of carbonyl (C=O) groups excluding carboxylic acids is 1. The summed E-state index contributed by atoms with van der Waals surface area (Å²) in [5.41, 5.74) is 3.78. The molecule has 32 heavy (non-hydrogen) atoms. The SMILES string of the molecule is COc1ccc([C@H]2CCCN2C(=O)CCc2c(C)c3ccc(C)cc3oc2=O)cc1OC. The molecule has 6 heteroatoms. The first-order chi connectivity index (χ1) is 15.4. The summed E-state index contributed by atoms with van der Waals surface area (Å²) >= 11 is 0. The van der Waals surface area contributed by atoms with Crippen molar-refractivity contribution in [3.8, 4) is 11.5 Å². The number of carbonyl (C=O) groups is 1. The van der Waals surface area contributed by atoms with Crippen LogP contribution in [0.25, 0.3) is 11.0 Å². The van der Waals surface area contributed by atoms with Crippen molar-refractivity contribution in [2.45, 2.75) is 45.6 Å². The summed E-state index contributed by atoms with van der Waals surface area (Å²) in [4.78, 5) is 27.7. The Morgan fingerprint density at radius 2 is 1.88 bits per heavy atom. The van der Waals surface area contributed by atoms with Gasteiger partial charge in [0.05, 0.1) is 20.3 Å². The largest absolute Gasteiger partial charge is 0.493 e. The number of likely N-dealkylation sites (tertiary alicyclic amines) is 1. The molecule has 4 rings (SSSR count). The summed E-state index contributed by atoms with van der Waals surface area (Å²) in [5, 5.41) is 0.919. The highest BCUT2D eigenvalue weighted by molar-refractivity contribution is 5.82. The monoisotopic (exact) mass is 435 g/mol. The first-order valence-corrected chi connectivity index (χ1v) is 11.0. The number of ether oxygens (including phenoxy) is 2. The number of amides is 1. The molecule has 0 unspecified atom stereocenters. The smallest absolute Gasteiger partial charge is 0.339 e. The Bertz CT molecular complexity index is 1210. The second-order valence-electron chi connectivity index (χ2n) is 8.35. The summed E-state index contributed by atoms with van der Waals surface area (Å²) in [5.74, 6) is 1.37. The maximum atomic E-state index is 13.1. The third-order valence-corrected chi connectivity index (χ3v) is 6.40. The fraction of sp³-hybridized carbons (Fsp3) is 0.385. The van der Waals surface area contributed by atoms with Crippen molar-refractivity contribution in [1.82, 2.24) is 4.90 Å². The number of aryl methyl sites for hydroxylation is 2. The fourth-order valence-electron chi connectivity index (χ4n) is 4.64. The van der Waals surface area contributed by atoms with E-state index in [9.17, 15) is 9.59 Å². The van der Waals surface area contributed by atoms with E-state index in [-0.39, 0.29) is 24.0 Å². The van der Waals surface area contributed by atoms with Crippen molar-refractivity contribution in [3.05, 3.63) is 69.1 Å². The van der Waals surface area contributed by atoms with Gasteiger partial charge in [0, 0.05) is 23.9 Å². The number of benzene rings is 2. The topological polar surface area (TPSA) is 69.0 Å². The number of nitrogens with zero attached hydrogens (tertiary/aromatic N) is 1.